The Labute approximate surface area is 169 Å². The van der Waals surface area contributed by atoms with E-state index < -0.39 is 60.1 Å². The van der Waals surface area contributed by atoms with E-state index in [-0.39, 0.29) is 31.2 Å². The molecular weight excluding hydrogens is 418 g/mol. The van der Waals surface area contributed by atoms with Crippen LogP contribution >= 0.6 is 0 Å². The Balaban J connectivity index is 2.03. The number of halogens is 6. The number of amides is 1. The number of carbonyl (C=O) groups is 2. The van der Waals surface area contributed by atoms with E-state index in [4.69, 9.17) is 0 Å². The Morgan fingerprint density at radius 3 is 2.13 bits per heavy atom. The van der Waals surface area contributed by atoms with Crippen molar-refractivity contribution in [1.82, 2.24) is 10.2 Å². The summed E-state index contributed by atoms with van der Waals surface area (Å²) in [7, 11) is 2.36. The van der Waals surface area contributed by atoms with E-state index in [1.165, 1.54) is 7.05 Å². The molecule has 1 aromatic carbocycles. The molecule has 1 aliphatic rings. The van der Waals surface area contributed by atoms with Crippen LogP contribution in [0.25, 0.3) is 0 Å². The zero-order valence-electron chi connectivity index (χ0n) is 16.4. The Hall–Kier alpha value is -2.30. The molecule has 0 saturated heterocycles. The molecule has 1 aliphatic carbocycles. The van der Waals surface area contributed by atoms with Gasteiger partial charge in [-0.2, -0.15) is 13.2 Å². The molecule has 0 radical (unpaired) electrons. The zero-order chi connectivity index (χ0) is 22.6. The van der Waals surface area contributed by atoms with E-state index in [1.807, 2.05) is 0 Å². The summed E-state index contributed by atoms with van der Waals surface area (Å²) < 4.78 is 83.2. The number of nitrogens with zero attached hydrogens (tertiary/aromatic N) is 1. The van der Waals surface area contributed by atoms with Crippen LogP contribution in [0.2, 0.25) is 0 Å². The molecular formula is C19H22F6N2O3. The third-order valence-corrected chi connectivity index (χ3v) is 5.14. The van der Waals surface area contributed by atoms with E-state index in [0.717, 1.165) is 12.0 Å². The average Bonchev–Trinajstić information content (AvgIpc) is 2.65. The Morgan fingerprint density at radius 2 is 1.67 bits per heavy atom. The quantitative estimate of drug-likeness (QED) is 0.418. The van der Waals surface area contributed by atoms with Gasteiger partial charge in [-0.15, -0.1) is 0 Å². The van der Waals surface area contributed by atoms with Gasteiger partial charge in [-0.1, -0.05) is 0 Å². The molecule has 1 aromatic rings. The Bertz CT molecular complexity index is 755. The average molecular weight is 440 g/mol. The highest BCUT2D eigenvalue weighted by Crippen LogP contribution is 2.37. The molecule has 1 N–H and O–H groups in total. The molecule has 168 valence electrons. The summed E-state index contributed by atoms with van der Waals surface area (Å²) in [5, 5.41) is 2.61. The lowest BCUT2D eigenvalue weighted by molar-refractivity contribution is -0.182. The minimum Gasteiger partial charge on any atom is -0.468 e. The number of nitrogens with one attached hydrogen (secondary N) is 1. The van der Waals surface area contributed by atoms with Crippen LogP contribution in [0.15, 0.2) is 12.1 Å². The van der Waals surface area contributed by atoms with Gasteiger partial charge in [0.1, 0.15) is 6.04 Å². The van der Waals surface area contributed by atoms with E-state index >= 15 is 0 Å². The number of carbonyl (C=O) groups excluding carboxylic acids is 2. The van der Waals surface area contributed by atoms with Crippen LogP contribution in [-0.2, 0) is 14.3 Å². The predicted molar refractivity (Wildman–Crippen MR) is 93.6 cm³/mol. The van der Waals surface area contributed by atoms with E-state index in [0.29, 0.717) is 12.1 Å². The molecule has 0 bridgehead atoms. The fourth-order valence-electron chi connectivity index (χ4n) is 3.57. The van der Waals surface area contributed by atoms with Crippen molar-refractivity contribution in [3.8, 4) is 0 Å². The smallest absolute Gasteiger partial charge is 0.391 e. The van der Waals surface area contributed by atoms with Gasteiger partial charge in [0.15, 0.2) is 17.5 Å². The van der Waals surface area contributed by atoms with Crippen LogP contribution in [0, 0.1) is 23.4 Å². The number of methoxy groups -OCH3 is 1. The first kappa shape index (κ1) is 24.0. The van der Waals surface area contributed by atoms with Gasteiger partial charge in [0, 0.05) is 6.04 Å². The second kappa shape index (κ2) is 9.67. The first-order chi connectivity index (χ1) is 13.9. The number of hydrogen-bond donors (Lipinski definition) is 1. The second-order valence-corrected chi connectivity index (χ2v) is 7.30. The van der Waals surface area contributed by atoms with E-state index in [9.17, 15) is 35.9 Å². The fourth-order valence-corrected chi connectivity index (χ4v) is 3.57. The summed E-state index contributed by atoms with van der Waals surface area (Å²) >= 11 is 0. The maximum Gasteiger partial charge on any atom is 0.391 e. The maximum atomic E-state index is 13.6. The summed E-state index contributed by atoms with van der Waals surface area (Å²) in [4.78, 5) is 25.6. The van der Waals surface area contributed by atoms with Gasteiger partial charge in [-0.05, 0) is 50.4 Å². The molecule has 1 saturated carbocycles. The van der Waals surface area contributed by atoms with Gasteiger partial charge in [-0.25, -0.2) is 18.0 Å². The van der Waals surface area contributed by atoms with Crippen LogP contribution in [0.5, 0.6) is 0 Å². The molecule has 5 nitrogen and oxygen atoms in total. The number of esters is 1. The summed E-state index contributed by atoms with van der Waals surface area (Å²) in [5.41, 5.74) is -0.251. The molecule has 30 heavy (non-hydrogen) atoms. The van der Waals surface area contributed by atoms with Crippen molar-refractivity contribution < 1.29 is 40.7 Å². The summed E-state index contributed by atoms with van der Waals surface area (Å²) in [6, 6.07) is -0.576. The van der Waals surface area contributed by atoms with Gasteiger partial charge in [0.2, 0.25) is 5.91 Å². The maximum absolute atomic E-state index is 13.6. The molecule has 0 aliphatic heterocycles. The van der Waals surface area contributed by atoms with Crippen LogP contribution < -0.4 is 5.32 Å². The zero-order valence-corrected chi connectivity index (χ0v) is 16.4. The van der Waals surface area contributed by atoms with Crippen molar-refractivity contribution in [1.29, 1.82) is 0 Å². The number of alkyl halides is 3. The number of hydrogen-bond acceptors (Lipinski definition) is 4. The molecule has 1 amide bonds. The fraction of sp³-hybridized carbons (Fsp3) is 0.579. The Kier molecular flexibility index (Phi) is 7.73. The molecule has 0 heterocycles. The molecule has 11 heteroatoms. The predicted octanol–water partition coefficient (Wildman–Crippen LogP) is 3.49. The van der Waals surface area contributed by atoms with Crippen molar-refractivity contribution in [3.63, 3.8) is 0 Å². The first-order valence-corrected chi connectivity index (χ1v) is 9.22. The SMILES string of the molecule is COC(=O)[C@H](c1cc(F)c(F)c(F)c1)N(C)CC(=O)NC1CCC(C(F)(F)F)CC1. The standard InChI is InChI=1S/C19H22F6N2O3/c1-27(9-15(28)26-12-5-3-11(4-6-12)19(23,24)25)17(18(29)30-2)10-7-13(20)16(22)14(21)8-10/h7-8,11-12,17H,3-6,9H2,1-2H3,(H,26,28)/t11?,12?,17-/m0/s1. The summed E-state index contributed by atoms with van der Waals surface area (Å²) in [6.07, 6.45) is -4.13. The topological polar surface area (TPSA) is 58.6 Å². The number of likely N-dealkylation sites (N-methyl/N-ethyl adjacent to an activating group) is 1. The summed E-state index contributed by atoms with van der Waals surface area (Å²) in [5.74, 6) is -7.60. The highest BCUT2D eigenvalue weighted by molar-refractivity contribution is 5.81. The molecule has 1 atom stereocenters. The van der Waals surface area contributed by atoms with Crippen molar-refractivity contribution in [3.05, 3.63) is 35.1 Å². The minimum absolute atomic E-state index is 0.0940. The first-order valence-electron chi connectivity index (χ1n) is 9.22. The van der Waals surface area contributed by atoms with Gasteiger partial charge < -0.3 is 10.1 Å². The molecule has 0 aromatic heterocycles. The number of rotatable bonds is 6. The lowest BCUT2D eigenvalue weighted by atomic mass is 9.85. The van der Waals surface area contributed by atoms with Crippen molar-refractivity contribution in [2.75, 3.05) is 20.7 Å². The molecule has 2 rings (SSSR count). The summed E-state index contributed by atoms with van der Waals surface area (Å²) in [6.45, 7) is -0.403. The lowest BCUT2D eigenvalue weighted by Crippen LogP contribution is -2.45. The minimum atomic E-state index is -4.26. The Morgan fingerprint density at radius 1 is 1.13 bits per heavy atom. The van der Waals surface area contributed by atoms with Crippen LogP contribution in [0.4, 0.5) is 26.3 Å². The van der Waals surface area contributed by atoms with Crippen LogP contribution in [0.3, 0.4) is 0 Å². The highest BCUT2D eigenvalue weighted by atomic mass is 19.4. The monoisotopic (exact) mass is 440 g/mol. The molecule has 1 fully saturated rings. The van der Waals surface area contributed by atoms with E-state index in [2.05, 4.69) is 10.1 Å². The number of ether oxygens (including phenoxy) is 1. The number of benzene rings is 1. The third kappa shape index (κ3) is 5.87. The van der Waals surface area contributed by atoms with Crippen molar-refractivity contribution in [2.45, 2.75) is 43.9 Å². The normalized spacial score (nSPS) is 20.7. The van der Waals surface area contributed by atoms with Crippen LogP contribution in [-0.4, -0.2) is 49.7 Å². The highest BCUT2D eigenvalue weighted by Gasteiger charge is 2.41. The van der Waals surface area contributed by atoms with Gasteiger partial charge in [0.05, 0.1) is 19.6 Å². The largest absolute Gasteiger partial charge is 0.468 e. The third-order valence-electron chi connectivity index (χ3n) is 5.14. The van der Waals surface area contributed by atoms with Gasteiger partial charge in [0.25, 0.3) is 0 Å². The lowest BCUT2D eigenvalue weighted by Gasteiger charge is -2.31. The van der Waals surface area contributed by atoms with Gasteiger partial charge in [-0.3, -0.25) is 9.69 Å². The van der Waals surface area contributed by atoms with Crippen molar-refractivity contribution >= 4 is 11.9 Å². The van der Waals surface area contributed by atoms with Crippen molar-refractivity contribution in [2.24, 2.45) is 5.92 Å². The van der Waals surface area contributed by atoms with Gasteiger partial charge >= 0.3 is 12.1 Å². The second-order valence-electron chi connectivity index (χ2n) is 7.30. The van der Waals surface area contributed by atoms with Crippen LogP contribution in [0.1, 0.15) is 37.3 Å². The molecule has 0 spiro atoms. The van der Waals surface area contributed by atoms with E-state index in [1.54, 1.807) is 0 Å². The molecule has 0 unspecified atom stereocenters.